The van der Waals surface area contributed by atoms with E-state index in [1.54, 1.807) is 53.7 Å². The molecule has 0 radical (unpaired) electrons. The zero-order chi connectivity index (χ0) is 66.7. The minimum Gasteiger partial charge on any atom is -0.748 e. The molecule has 2 amide bonds. The van der Waals surface area contributed by atoms with Crippen LogP contribution >= 0.6 is 0 Å². The highest BCUT2D eigenvalue weighted by Crippen LogP contribution is 2.54. The van der Waals surface area contributed by atoms with Gasteiger partial charge in [0.2, 0.25) is 5.69 Å². The topological polar surface area (TPSA) is 421 Å². The molecule has 0 aromatic heterocycles. The molecule has 0 bridgehead atoms. The number of anilines is 1. The van der Waals surface area contributed by atoms with E-state index in [0.29, 0.717) is 53.2 Å². The standard InChI is InChI=1S/C57H71N3O26S5.CH4/c1-56(18-8-34-87(64,65)66)49(58(20-24-79-3)45-13-11-41-43(54(45)56)35-39(88(67,68)69)37-47(41)90(73,74)75)9-6-5-7-10-50-57(2,19-23-82-29-31-85-33-32-84-27-26-80-4)55-44-36-40(89(70,71)72)38-48(91(76,77)78)42(44)12-14-46(55)59(50)21-25-83-30-28-81-22-17-53(63)86-60-51(61)15-16-52(60)62;/h5-7,9-14,35-38H,8,15-34H2,1-4H3,(H4-,64,65,66,67,68,69,70,71,72,73,74,75,76,77,78);1H4/p-4. The fourth-order valence-corrected chi connectivity index (χ4v) is 14.4. The second-order valence-electron chi connectivity index (χ2n) is 21.4. The minimum atomic E-state index is -5.44. The Bertz CT molecular complexity index is 4120. The van der Waals surface area contributed by atoms with Crippen molar-refractivity contribution in [3.63, 3.8) is 0 Å². The molecule has 4 aromatic rings. The van der Waals surface area contributed by atoms with Crippen LogP contribution in [0.15, 0.2) is 104 Å². The van der Waals surface area contributed by atoms with Crippen LogP contribution in [0.25, 0.3) is 21.5 Å². The molecule has 3 aliphatic heterocycles. The third-order valence-electron chi connectivity index (χ3n) is 15.3. The van der Waals surface area contributed by atoms with E-state index in [9.17, 15) is 79.2 Å². The van der Waals surface area contributed by atoms with Gasteiger partial charge in [-0.15, -0.1) is 5.06 Å². The van der Waals surface area contributed by atoms with Crippen molar-refractivity contribution in [2.75, 3.05) is 117 Å². The third kappa shape index (κ3) is 18.3. The van der Waals surface area contributed by atoms with Crippen LogP contribution in [0.4, 0.5) is 11.4 Å². The van der Waals surface area contributed by atoms with E-state index < -0.39 is 105 Å². The largest absolute Gasteiger partial charge is 0.748 e. The molecule has 4 aromatic carbocycles. The number of hydrogen-bond donors (Lipinski definition) is 0. The molecular formula is C58H71N3O26S5-4. The van der Waals surface area contributed by atoms with E-state index in [1.165, 1.54) is 38.5 Å². The van der Waals surface area contributed by atoms with Crippen molar-refractivity contribution in [1.82, 2.24) is 5.06 Å². The van der Waals surface area contributed by atoms with Gasteiger partial charge in [0.25, 0.3) is 11.8 Å². The molecule has 0 aliphatic carbocycles. The lowest BCUT2D eigenvalue weighted by Gasteiger charge is -2.31. The predicted molar refractivity (Wildman–Crippen MR) is 323 cm³/mol. The Balaban J connectivity index is 0.0000134. The van der Waals surface area contributed by atoms with E-state index in [1.807, 2.05) is 0 Å². The summed E-state index contributed by atoms with van der Waals surface area (Å²) in [6.07, 6.45) is 7.18. The molecule has 2 atom stereocenters. The minimum absolute atomic E-state index is 0. The Morgan fingerprint density at radius 2 is 1.09 bits per heavy atom. The molecule has 0 N–H and O–H groups in total. The summed E-state index contributed by atoms with van der Waals surface area (Å²) in [5.41, 5.74) is -0.751. The molecule has 34 heteroatoms. The number of carbonyl (C=O) groups excluding carboxylic acids is 3. The number of rotatable bonds is 36. The highest BCUT2D eigenvalue weighted by molar-refractivity contribution is 7.87. The van der Waals surface area contributed by atoms with Crippen molar-refractivity contribution < 1.29 is 122 Å². The zero-order valence-electron chi connectivity index (χ0n) is 49.9. The summed E-state index contributed by atoms with van der Waals surface area (Å²) in [6.45, 7) is 4.68. The maximum Gasteiger partial charge on any atom is 0.335 e. The molecule has 3 heterocycles. The van der Waals surface area contributed by atoms with Crippen LogP contribution in [0.5, 0.6) is 0 Å². The number of fused-ring (bicyclic) bond motifs is 6. The lowest BCUT2D eigenvalue weighted by Crippen LogP contribution is -2.32. The van der Waals surface area contributed by atoms with Crippen LogP contribution in [-0.4, -0.2) is 210 Å². The second kappa shape index (κ2) is 31.5. The van der Waals surface area contributed by atoms with Crippen LogP contribution < -0.4 is 4.90 Å². The average Bonchev–Trinajstić information content (AvgIpc) is 1.53. The van der Waals surface area contributed by atoms with Crippen molar-refractivity contribution in [2.24, 2.45) is 0 Å². The summed E-state index contributed by atoms with van der Waals surface area (Å²) >= 11 is 0. The van der Waals surface area contributed by atoms with Gasteiger partial charge in [0.1, 0.15) is 47.1 Å². The van der Waals surface area contributed by atoms with Crippen LogP contribution in [0.1, 0.15) is 70.9 Å². The van der Waals surface area contributed by atoms with E-state index in [0.717, 1.165) is 12.1 Å². The Hall–Kier alpha value is -6.03. The number of imide groups is 1. The van der Waals surface area contributed by atoms with Crippen molar-refractivity contribution >= 4 is 107 Å². The molecule has 29 nitrogen and oxygen atoms in total. The molecule has 7 rings (SSSR count). The summed E-state index contributed by atoms with van der Waals surface area (Å²) in [5.74, 6) is -3.02. The predicted octanol–water partition coefficient (Wildman–Crippen LogP) is 3.46. The number of nitrogens with zero attached hydrogens (tertiary/aromatic N) is 3. The normalized spacial score (nSPS) is 18.6. The highest BCUT2D eigenvalue weighted by atomic mass is 32.2. The van der Waals surface area contributed by atoms with Gasteiger partial charge in [-0.2, -0.15) is 4.58 Å². The van der Waals surface area contributed by atoms with Crippen molar-refractivity contribution in [3.05, 3.63) is 95.7 Å². The van der Waals surface area contributed by atoms with Crippen LogP contribution in [0, 0.1) is 0 Å². The number of carbonyl (C=O) groups is 3. The van der Waals surface area contributed by atoms with E-state index in [2.05, 4.69) is 0 Å². The lowest BCUT2D eigenvalue weighted by atomic mass is 9.74. The quantitative estimate of drug-likeness (QED) is 0.0207. The number of allylic oxidation sites excluding steroid dienone is 6. The zero-order valence-corrected chi connectivity index (χ0v) is 53.9. The summed E-state index contributed by atoms with van der Waals surface area (Å²) in [7, 11) is -23.6. The lowest BCUT2D eigenvalue weighted by molar-refractivity contribution is -0.441. The average molecular weight is 1390 g/mol. The first-order valence-electron chi connectivity index (χ1n) is 28.2. The van der Waals surface area contributed by atoms with Crippen molar-refractivity contribution in [3.8, 4) is 0 Å². The number of hydrogen-bond acceptors (Lipinski definition) is 27. The van der Waals surface area contributed by atoms with Crippen LogP contribution in [-0.2, 0) is 114 Å². The number of ether oxygens (including phenoxy) is 7. The van der Waals surface area contributed by atoms with Crippen molar-refractivity contribution in [1.29, 1.82) is 0 Å². The summed E-state index contributed by atoms with van der Waals surface area (Å²) in [6, 6.07) is 8.47. The first kappa shape index (κ1) is 75.0. The Kier molecular flexibility index (Phi) is 25.7. The van der Waals surface area contributed by atoms with Gasteiger partial charge in [0.15, 0.2) is 12.3 Å². The summed E-state index contributed by atoms with van der Waals surface area (Å²) < 4.78 is 229. The van der Waals surface area contributed by atoms with E-state index in [4.69, 9.17) is 38.0 Å². The summed E-state index contributed by atoms with van der Waals surface area (Å²) in [5, 5.41) is -0.235. The number of methoxy groups -OCH3 is 2. The first-order valence-corrected chi connectivity index (χ1v) is 35.4. The maximum absolute atomic E-state index is 12.9. The van der Waals surface area contributed by atoms with Gasteiger partial charge < -0.3 is 65.7 Å². The van der Waals surface area contributed by atoms with E-state index >= 15 is 0 Å². The molecule has 92 heavy (non-hydrogen) atoms. The smallest absolute Gasteiger partial charge is 0.335 e. The van der Waals surface area contributed by atoms with Crippen LogP contribution in [0.2, 0.25) is 0 Å². The molecule has 2 unspecified atom stereocenters. The van der Waals surface area contributed by atoms with Gasteiger partial charge in [0, 0.05) is 85.9 Å². The maximum atomic E-state index is 12.9. The van der Waals surface area contributed by atoms with Gasteiger partial charge in [-0.1, -0.05) is 31.7 Å². The SMILES string of the molecule is C.COCCOCCOCCOCCC1(C)\C(=C/C=C/C=C/C2=[N+](CCOC)c3ccc4c(S(=O)(=O)[O-])cc(S(=O)(=O)[O-])cc4c3C2(C)CCCS(=O)(=O)[O-])N(CCOCCOCCC(=O)ON2C(=O)CCC2=O)c2ccc3c(S(=O)(=O)[O-])cc(S(=O)(=O)[O-])cc3c21. The third-order valence-corrected chi connectivity index (χ3v) is 19.5. The van der Waals surface area contributed by atoms with Gasteiger partial charge in [-0.3, -0.25) is 9.59 Å². The molecule has 0 saturated carbocycles. The number of benzene rings is 4. The highest BCUT2D eigenvalue weighted by Gasteiger charge is 2.49. The molecule has 3 aliphatic rings. The fraction of sp³-hybridized carbons (Fsp3) is 0.483. The van der Waals surface area contributed by atoms with Crippen molar-refractivity contribution in [2.45, 2.75) is 90.2 Å². The fourth-order valence-electron chi connectivity index (χ4n) is 11.2. The van der Waals surface area contributed by atoms with Gasteiger partial charge >= 0.3 is 5.97 Å². The Morgan fingerprint density at radius 3 is 1.62 bits per heavy atom. The molecule has 1 fully saturated rings. The molecule has 0 spiro atoms. The number of hydroxylamine groups is 2. The monoisotopic (exact) mass is 1390 g/mol. The molecular weight excluding hydrogens is 1310 g/mol. The van der Waals surface area contributed by atoms with E-state index in [-0.39, 0.29) is 158 Å². The van der Waals surface area contributed by atoms with Crippen LogP contribution in [0.3, 0.4) is 0 Å². The number of amides is 2. The summed E-state index contributed by atoms with van der Waals surface area (Å²) in [4.78, 5) is 38.7. The Labute approximate surface area is 534 Å². The van der Waals surface area contributed by atoms with Gasteiger partial charge in [0.05, 0.1) is 108 Å². The second-order valence-corrected chi connectivity index (χ2v) is 28.4. The molecule has 1 saturated heterocycles. The van der Waals surface area contributed by atoms with Gasteiger partial charge in [-0.05, 0) is 97.3 Å². The van der Waals surface area contributed by atoms with Gasteiger partial charge in [-0.25, -0.2) is 46.9 Å². The first-order chi connectivity index (χ1) is 42.8. The molecule has 508 valence electrons. The Morgan fingerprint density at radius 1 is 0.576 bits per heavy atom.